The number of rotatable bonds is 3. The van der Waals surface area contributed by atoms with Crippen molar-refractivity contribution in [3.63, 3.8) is 0 Å². The fourth-order valence-electron chi connectivity index (χ4n) is 3.54. The summed E-state index contributed by atoms with van der Waals surface area (Å²) in [6.45, 7) is 6.18. The Kier molecular flexibility index (Phi) is 5.62. The Bertz CT molecular complexity index is 384. The van der Waals surface area contributed by atoms with Crippen molar-refractivity contribution < 1.29 is 9.59 Å². The highest BCUT2D eigenvalue weighted by Gasteiger charge is 2.36. The van der Waals surface area contributed by atoms with E-state index in [1.807, 2.05) is 18.7 Å². The van der Waals surface area contributed by atoms with Crippen molar-refractivity contribution in [3.8, 4) is 0 Å². The van der Waals surface area contributed by atoms with Crippen LogP contribution in [0.5, 0.6) is 0 Å². The van der Waals surface area contributed by atoms with Crippen LogP contribution >= 0.6 is 0 Å². The zero-order valence-corrected chi connectivity index (χ0v) is 13.4. The third-order valence-electron chi connectivity index (χ3n) is 4.92. The van der Waals surface area contributed by atoms with E-state index in [2.05, 4.69) is 0 Å². The highest BCUT2D eigenvalue weighted by Crippen LogP contribution is 2.24. The maximum atomic E-state index is 12.8. The molecule has 3 unspecified atom stereocenters. The number of nitrogens with zero attached hydrogens (tertiary/aromatic N) is 2. The van der Waals surface area contributed by atoms with Gasteiger partial charge in [-0.05, 0) is 44.9 Å². The first kappa shape index (κ1) is 16.3. The van der Waals surface area contributed by atoms with E-state index in [1.165, 1.54) is 0 Å². The molecule has 2 amide bonds. The van der Waals surface area contributed by atoms with Crippen LogP contribution in [0.15, 0.2) is 0 Å². The van der Waals surface area contributed by atoms with E-state index in [4.69, 9.17) is 5.73 Å². The van der Waals surface area contributed by atoms with Crippen LogP contribution in [0.1, 0.15) is 52.4 Å². The van der Waals surface area contributed by atoms with Crippen molar-refractivity contribution in [2.75, 3.05) is 19.6 Å². The third kappa shape index (κ3) is 3.76. The Labute approximate surface area is 127 Å². The summed E-state index contributed by atoms with van der Waals surface area (Å²) in [5.41, 5.74) is 6.00. The molecule has 2 saturated heterocycles. The summed E-state index contributed by atoms with van der Waals surface area (Å²) in [6, 6.07) is -0.113. The molecule has 0 saturated carbocycles. The molecule has 0 aromatic heterocycles. The van der Waals surface area contributed by atoms with Crippen molar-refractivity contribution in [1.82, 2.24) is 9.80 Å². The number of carbonyl (C=O) groups is 2. The van der Waals surface area contributed by atoms with E-state index < -0.39 is 0 Å². The highest BCUT2D eigenvalue weighted by molar-refractivity contribution is 5.88. The monoisotopic (exact) mass is 295 g/mol. The van der Waals surface area contributed by atoms with Gasteiger partial charge >= 0.3 is 0 Å². The number of piperidine rings is 2. The van der Waals surface area contributed by atoms with Crippen LogP contribution in [-0.2, 0) is 9.59 Å². The molecule has 5 nitrogen and oxygen atoms in total. The van der Waals surface area contributed by atoms with Gasteiger partial charge in [0.2, 0.25) is 11.8 Å². The molecule has 2 aliphatic heterocycles. The molecule has 2 aliphatic rings. The average Bonchev–Trinajstić information content (AvgIpc) is 2.53. The molecule has 3 atom stereocenters. The summed E-state index contributed by atoms with van der Waals surface area (Å²) in [5.74, 6) is 0.636. The minimum atomic E-state index is -0.238. The summed E-state index contributed by atoms with van der Waals surface area (Å²) in [4.78, 5) is 28.7. The van der Waals surface area contributed by atoms with Crippen LogP contribution in [0.2, 0.25) is 0 Å². The largest absolute Gasteiger partial charge is 0.341 e. The Morgan fingerprint density at radius 1 is 1.19 bits per heavy atom. The first-order valence-corrected chi connectivity index (χ1v) is 8.38. The first-order valence-electron chi connectivity index (χ1n) is 8.38. The van der Waals surface area contributed by atoms with Crippen LogP contribution in [0.3, 0.4) is 0 Å². The standard InChI is InChI=1S/C16H29N3O2/c1-3-15(20)19-10-5-4-8-14(19)16(21)18-9-6-7-13(11-18)12(2)17/h12-14H,3-11,17H2,1-2H3. The maximum absolute atomic E-state index is 12.8. The summed E-state index contributed by atoms with van der Waals surface area (Å²) >= 11 is 0. The molecule has 2 N–H and O–H groups in total. The number of nitrogens with two attached hydrogens (primary N) is 1. The SMILES string of the molecule is CCC(=O)N1CCCCC1C(=O)N1CCCC(C(C)N)C1. The summed E-state index contributed by atoms with van der Waals surface area (Å²) < 4.78 is 0. The van der Waals surface area contributed by atoms with E-state index in [1.54, 1.807) is 4.90 Å². The average molecular weight is 295 g/mol. The van der Waals surface area contributed by atoms with E-state index in [9.17, 15) is 9.59 Å². The zero-order valence-electron chi connectivity index (χ0n) is 13.4. The minimum Gasteiger partial charge on any atom is -0.341 e. The van der Waals surface area contributed by atoms with E-state index in [0.29, 0.717) is 12.3 Å². The van der Waals surface area contributed by atoms with E-state index in [0.717, 1.165) is 51.7 Å². The summed E-state index contributed by atoms with van der Waals surface area (Å²) in [7, 11) is 0. The van der Waals surface area contributed by atoms with E-state index >= 15 is 0 Å². The van der Waals surface area contributed by atoms with Gasteiger partial charge in [0.05, 0.1) is 0 Å². The number of carbonyl (C=O) groups excluding carboxylic acids is 2. The van der Waals surface area contributed by atoms with Crippen molar-refractivity contribution in [2.45, 2.75) is 64.5 Å². The third-order valence-corrected chi connectivity index (χ3v) is 4.92. The quantitative estimate of drug-likeness (QED) is 0.855. The first-order chi connectivity index (χ1) is 10.0. The van der Waals surface area contributed by atoms with Gasteiger partial charge in [-0.1, -0.05) is 6.92 Å². The number of hydrogen-bond donors (Lipinski definition) is 1. The lowest BCUT2D eigenvalue weighted by molar-refractivity contribution is -0.148. The Hall–Kier alpha value is -1.10. The minimum absolute atomic E-state index is 0.105. The molecule has 120 valence electrons. The molecular formula is C16H29N3O2. The molecule has 2 rings (SSSR count). The lowest BCUT2D eigenvalue weighted by Crippen LogP contribution is -2.55. The van der Waals surface area contributed by atoms with Gasteiger partial charge in [-0.2, -0.15) is 0 Å². The fourth-order valence-corrected chi connectivity index (χ4v) is 3.54. The Balaban J connectivity index is 2.04. The molecule has 0 bridgehead atoms. The van der Waals surface area contributed by atoms with Gasteiger partial charge in [0.1, 0.15) is 6.04 Å². The molecule has 5 heteroatoms. The molecule has 0 spiro atoms. The molecule has 2 heterocycles. The smallest absolute Gasteiger partial charge is 0.245 e. The summed E-state index contributed by atoms with van der Waals surface area (Å²) in [6.07, 6.45) is 5.46. The highest BCUT2D eigenvalue weighted by atomic mass is 16.2. The molecule has 0 aromatic carbocycles. The normalized spacial score (nSPS) is 28.3. The van der Waals surface area contributed by atoms with Crippen molar-refractivity contribution in [1.29, 1.82) is 0 Å². The lowest BCUT2D eigenvalue weighted by Gasteiger charge is -2.41. The Morgan fingerprint density at radius 3 is 2.62 bits per heavy atom. The summed E-state index contributed by atoms with van der Waals surface area (Å²) in [5, 5.41) is 0. The van der Waals surface area contributed by atoms with Gasteiger partial charge < -0.3 is 15.5 Å². The van der Waals surface area contributed by atoms with Gasteiger partial charge in [0.15, 0.2) is 0 Å². The fraction of sp³-hybridized carbons (Fsp3) is 0.875. The second-order valence-corrected chi connectivity index (χ2v) is 6.50. The van der Waals surface area contributed by atoms with Crippen molar-refractivity contribution >= 4 is 11.8 Å². The predicted molar refractivity (Wildman–Crippen MR) is 82.6 cm³/mol. The zero-order chi connectivity index (χ0) is 15.4. The molecular weight excluding hydrogens is 266 g/mol. The van der Waals surface area contributed by atoms with Gasteiger partial charge in [0.25, 0.3) is 0 Å². The van der Waals surface area contributed by atoms with Crippen LogP contribution in [0.25, 0.3) is 0 Å². The lowest BCUT2D eigenvalue weighted by atomic mass is 9.91. The van der Waals surface area contributed by atoms with Crippen LogP contribution < -0.4 is 5.73 Å². The van der Waals surface area contributed by atoms with Gasteiger partial charge in [0, 0.05) is 32.1 Å². The maximum Gasteiger partial charge on any atom is 0.245 e. The number of amides is 2. The van der Waals surface area contributed by atoms with Gasteiger partial charge in [-0.3, -0.25) is 9.59 Å². The van der Waals surface area contributed by atoms with Gasteiger partial charge in [-0.15, -0.1) is 0 Å². The molecule has 0 aromatic rings. The number of hydrogen-bond acceptors (Lipinski definition) is 3. The van der Waals surface area contributed by atoms with Crippen LogP contribution in [0, 0.1) is 5.92 Å². The van der Waals surface area contributed by atoms with Crippen LogP contribution in [0.4, 0.5) is 0 Å². The van der Waals surface area contributed by atoms with Crippen LogP contribution in [-0.4, -0.2) is 53.3 Å². The predicted octanol–water partition coefficient (Wildman–Crippen LogP) is 1.36. The van der Waals surface area contributed by atoms with Crippen molar-refractivity contribution in [3.05, 3.63) is 0 Å². The molecule has 0 aliphatic carbocycles. The molecule has 21 heavy (non-hydrogen) atoms. The van der Waals surface area contributed by atoms with E-state index in [-0.39, 0.29) is 23.9 Å². The topological polar surface area (TPSA) is 66.6 Å². The molecule has 2 fully saturated rings. The molecule has 0 radical (unpaired) electrons. The van der Waals surface area contributed by atoms with Gasteiger partial charge in [-0.25, -0.2) is 0 Å². The Morgan fingerprint density at radius 2 is 1.95 bits per heavy atom. The second-order valence-electron chi connectivity index (χ2n) is 6.50. The number of likely N-dealkylation sites (tertiary alicyclic amines) is 2. The van der Waals surface area contributed by atoms with Crippen molar-refractivity contribution in [2.24, 2.45) is 11.7 Å². The second kappa shape index (κ2) is 7.25.